The monoisotopic (exact) mass is 386 g/mol. The topological polar surface area (TPSA) is 58.6 Å². The summed E-state index contributed by atoms with van der Waals surface area (Å²) in [4.78, 5) is 17.0. The summed E-state index contributed by atoms with van der Waals surface area (Å²) in [5, 5.41) is 0. The van der Waals surface area contributed by atoms with Gasteiger partial charge in [0.15, 0.2) is 5.69 Å². The Hall–Kier alpha value is -1.99. The van der Waals surface area contributed by atoms with Gasteiger partial charge in [0.2, 0.25) is 0 Å². The van der Waals surface area contributed by atoms with Crippen LogP contribution in [0.15, 0.2) is 30.5 Å². The maximum atomic E-state index is 12.7. The first-order chi connectivity index (χ1) is 13.2. The molecule has 27 heavy (non-hydrogen) atoms. The van der Waals surface area contributed by atoms with E-state index >= 15 is 0 Å². The normalized spacial score (nSPS) is 20.4. The molecule has 2 fully saturated rings. The van der Waals surface area contributed by atoms with Gasteiger partial charge in [0.05, 0.1) is 24.5 Å². The van der Waals surface area contributed by atoms with Crippen LogP contribution in [-0.2, 0) is 6.54 Å². The molecule has 0 unspecified atom stereocenters. The van der Waals surface area contributed by atoms with Crippen LogP contribution in [0.1, 0.15) is 41.7 Å². The molecule has 0 bridgehead atoms. The smallest absolute Gasteiger partial charge is 0.275 e. The first-order valence-electron chi connectivity index (χ1n) is 9.68. The number of aromatic nitrogens is 2. The van der Waals surface area contributed by atoms with Crippen molar-refractivity contribution in [2.45, 2.75) is 38.3 Å². The van der Waals surface area contributed by atoms with Crippen LogP contribution in [-0.4, -0.2) is 57.2 Å². The van der Waals surface area contributed by atoms with Gasteiger partial charge < -0.3 is 14.5 Å². The number of carbonyl (C=O) groups excluding carboxylic acids is 1. The van der Waals surface area contributed by atoms with Crippen LogP contribution in [0.25, 0.3) is 0 Å². The molecule has 4 rings (SSSR count). The molecular weight excluding hydrogens is 360 g/mol. The molecule has 6 nitrogen and oxygen atoms in total. The van der Waals surface area contributed by atoms with Gasteiger partial charge in [0.25, 0.3) is 5.91 Å². The van der Waals surface area contributed by atoms with Gasteiger partial charge in [-0.3, -0.25) is 4.79 Å². The van der Waals surface area contributed by atoms with Gasteiger partial charge in [0, 0.05) is 25.0 Å². The van der Waals surface area contributed by atoms with Crippen molar-refractivity contribution >= 4 is 17.6 Å². The highest BCUT2D eigenvalue weighted by molar-refractivity contribution is 6.99. The quantitative estimate of drug-likeness (QED) is 0.732. The molecule has 144 valence electrons. The predicted octanol–water partition coefficient (Wildman–Crippen LogP) is 3.06. The highest BCUT2D eigenvalue weighted by Gasteiger charge is 2.34. The van der Waals surface area contributed by atoms with Gasteiger partial charge in [-0.15, -0.1) is 0 Å². The maximum Gasteiger partial charge on any atom is 0.275 e. The third kappa shape index (κ3) is 4.84. The van der Waals surface area contributed by atoms with Crippen molar-refractivity contribution in [3.05, 3.63) is 41.7 Å². The van der Waals surface area contributed by atoms with Crippen molar-refractivity contribution in [1.29, 1.82) is 0 Å². The number of ether oxygens (including phenoxy) is 1. The number of hydrogen-bond donors (Lipinski definition) is 0. The van der Waals surface area contributed by atoms with Gasteiger partial charge in [-0.2, -0.15) is 8.75 Å². The summed E-state index contributed by atoms with van der Waals surface area (Å²) in [5.74, 6) is 1.45. The number of carbonyl (C=O) groups is 1. The van der Waals surface area contributed by atoms with Crippen molar-refractivity contribution in [2.24, 2.45) is 5.92 Å². The molecule has 1 saturated heterocycles. The average Bonchev–Trinajstić information content (AvgIpc) is 3.37. The third-order valence-electron chi connectivity index (χ3n) is 5.29. The second-order valence-electron chi connectivity index (χ2n) is 7.69. The van der Waals surface area contributed by atoms with E-state index in [4.69, 9.17) is 4.74 Å². The fourth-order valence-corrected chi connectivity index (χ4v) is 4.12. The lowest BCUT2D eigenvalue weighted by Crippen LogP contribution is -2.34. The summed E-state index contributed by atoms with van der Waals surface area (Å²) >= 11 is 1.08. The van der Waals surface area contributed by atoms with Crippen LogP contribution >= 0.6 is 11.7 Å². The lowest BCUT2D eigenvalue weighted by molar-refractivity contribution is 0.0724. The molecule has 2 aromatic rings. The minimum Gasteiger partial charge on any atom is -0.493 e. The lowest BCUT2D eigenvalue weighted by Gasteiger charge is -2.29. The minimum atomic E-state index is -0.0252. The largest absolute Gasteiger partial charge is 0.493 e. The van der Waals surface area contributed by atoms with Gasteiger partial charge in [0.1, 0.15) is 5.75 Å². The van der Waals surface area contributed by atoms with Crippen LogP contribution in [0, 0.1) is 5.92 Å². The molecule has 1 aromatic carbocycles. The molecule has 1 saturated carbocycles. The van der Waals surface area contributed by atoms with Crippen molar-refractivity contribution in [1.82, 2.24) is 18.5 Å². The summed E-state index contributed by atoms with van der Waals surface area (Å²) in [7, 11) is 2.17. The molecule has 0 radical (unpaired) electrons. The molecule has 0 N–H and O–H groups in total. The number of likely N-dealkylation sites (tertiary alicyclic amines) is 1. The Balaban J connectivity index is 1.38. The maximum absolute atomic E-state index is 12.7. The van der Waals surface area contributed by atoms with Crippen molar-refractivity contribution in [3.63, 3.8) is 0 Å². The van der Waals surface area contributed by atoms with E-state index in [2.05, 4.69) is 32.8 Å². The predicted molar refractivity (Wildman–Crippen MR) is 105 cm³/mol. The number of benzene rings is 1. The van der Waals surface area contributed by atoms with Crippen molar-refractivity contribution in [2.75, 3.05) is 26.7 Å². The van der Waals surface area contributed by atoms with Crippen molar-refractivity contribution < 1.29 is 9.53 Å². The van der Waals surface area contributed by atoms with Crippen LogP contribution in [0.3, 0.4) is 0 Å². The first kappa shape index (κ1) is 18.4. The van der Waals surface area contributed by atoms with E-state index in [0.29, 0.717) is 24.2 Å². The Labute approximate surface area is 164 Å². The Kier molecular flexibility index (Phi) is 5.69. The van der Waals surface area contributed by atoms with Gasteiger partial charge in [-0.1, -0.05) is 12.1 Å². The minimum absolute atomic E-state index is 0.0252. The summed E-state index contributed by atoms with van der Waals surface area (Å²) in [5.41, 5.74) is 1.54. The lowest BCUT2D eigenvalue weighted by atomic mass is 9.99. The third-order valence-corrected chi connectivity index (χ3v) is 5.77. The SMILES string of the molecule is CN1CCC[C@@H](COc2cccc(CN(C(=O)c3cnsn3)C3CC3)c2)C1. The Morgan fingerprint density at radius 3 is 3.00 bits per heavy atom. The molecule has 1 atom stereocenters. The number of piperidine rings is 1. The highest BCUT2D eigenvalue weighted by Crippen LogP contribution is 2.30. The fraction of sp³-hybridized carbons (Fsp3) is 0.550. The molecule has 1 aliphatic carbocycles. The van der Waals surface area contributed by atoms with Crippen LogP contribution < -0.4 is 4.74 Å². The molecule has 0 spiro atoms. The Morgan fingerprint density at radius 2 is 2.26 bits per heavy atom. The number of rotatable bonds is 7. The zero-order valence-electron chi connectivity index (χ0n) is 15.7. The van der Waals surface area contributed by atoms with E-state index in [1.54, 1.807) is 6.20 Å². The van der Waals surface area contributed by atoms with Gasteiger partial charge in [-0.05, 0) is 57.0 Å². The average molecular weight is 387 g/mol. The molecule has 2 heterocycles. The van der Waals surface area contributed by atoms with E-state index in [9.17, 15) is 4.79 Å². The Morgan fingerprint density at radius 1 is 1.37 bits per heavy atom. The number of hydrogen-bond acceptors (Lipinski definition) is 6. The fourth-order valence-electron chi connectivity index (χ4n) is 3.71. The summed E-state index contributed by atoms with van der Waals surface area (Å²) in [6.45, 7) is 3.63. The van der Waals surface area contributed by atoms with Crippen LogP contribution in [0.4, 0.5) is 0 Å². The molecular formula is C20H26N4O2S. The standard InChI is InChI=1S/C20H26N4O2S/c1-23-9-3-5-16(12-23)14-26-18-6-2-4-15(10-18)13-24(17-7-8-17)20(25)19-11-21-27-22-19/h2,4,6,10-11,16-17H,3,5,7-9,12-14H2,1H3/t16-/m1/s1. The molecule has 1 aliphatic heterocycles. The Bertz CT molecular complexity index is 763. The number of nitrogens with zero attached hydrogens (tertiary/aromatic N) is 4. The zero-order valence-corrected chi connectivity index (χ0v) is 16.5. The van der Waals surface area contributed by atoms with Gasteiger partial charge in [-0.25, -0.2) is 0 Å². The van der Waals surface area contributed by atoms with E-state index in [0.717, 1.165) is 49.0 Å². The van der Waals surface area contributed by atoms with E-state index < -0.39 is 0 Å². The highest BCUT2D eigenvalue weighted by atomic mass is 32.1. The van der Waals surface area contributed by atoms with Crippen LogP contribution in [0.2, 0.25) is 0 Å². The summed E-state index contributed by atoms with van der Waals surface area (Å²) < 4.78 is 14.1. The molecule has 1 aromatic heterocycles. The molecule has 2 aliphatic rings. The van der Waals surface area contributed by atoms with Gasteiger partial charge >= 0.3 is 0 Å². The van der Waals surface area contributed by atoms with Crippen molar-refractivity contribution in [3.8, 4) is 5.75 Å². The second-order valence-corrected chi connectivity index (χ2v) is 8.24. The van der Waals surface area contributed by atoms with E-state index in [1.807, 2.05) is 17.0 Å². The summed E-state index contributed by atoms with van der Waals surface area (Å²) in [6.07, 6.45) is 6.16. The summed E-state index contributed by atoms with van der Waals surface area (Å²) in [6, 6.07) is 8.46. The van der Waals surface area contributed by atoms with Crippen LogP contribution in [0.5, 0.6) is 5.75 Å². The van der Waals surface area contributed by atoms with E-state index in [1.165, 1.54) is 19.4 Å². The first-order valence-corrected chi connectivity index (χ1v) is 10.4. The molecule has 1 amide bonds. The molecule has 7 heteroatoms. The zero-order chi connectivity index (χ0) is 18.6. The van der Waals surface area contributed by atoms with E-state index in [-0.39, 0.29) is 5.91 Å². The number of amides is 1. The second kappa shape index (κ2) is 8.35.